The van der Waals surface area contributed by atoms with E-state index in [2.05, 4.69) is 20.4 Å². The summed E-state index contributed by atoms with van der Waals surface area (Å²) in [6.45, 7) is 0. The first-order valence-corrected chi connectivity index (χ1v) is 9.21. The van der Waals surface area contributed by atoms with Crippen molar-refractivity contribution in [3.63, 3.8) is 0 Å². The second kappa shape index (κ2) is 7.47. The molecule has 0 aliphatic carbocycles. The molecule has 10 heteroatoms. The van der Waals surface area contributed by atoms with Gasteiger partial charge in [-0.25, -0.2) is 14.6 Å². The van der Waals surface area contributed by atoms with E-state index < -0.39 is 17.6 Å². The number of pyridine rings is 1. The van der Waals surface area contributed by atoms with Gasteiger partial charge in [0.1, 0.15) is 5.82 Å². The molecule has 0 saturated heterocycles. The Morgan fingerprint density at radius 3 is 2.62 bits per heavy atom. The highest BCUT2D eigenvalue weighted by Gasteiger charge is 2.31. The molecule has 6 nitrogen and oxygen atoms in total. The van der Waals surface area contributed by atoms with Crippen LogP contribution >= 0.6 is 11.3 Å². The molecule has 29 heavy (non-hydrogen) atoms. The van der Waals surface area contributed by atoms with E-state index in [0.29, 0.717) is 10.7 Å². The Labute approximate surface area is 166 Å². The highest BCUT2D eigenvalue weighted by Crippen LogP contribution is 2.32. The molecule has 0 atom stereocenters. The number of carbonyl (C=O) groups is 1. The number of aromatic nitrogens is 4. The predicted octanol–water partition coefficient (Wildman–Crippen LogP) is 4.66. The molecule has 3 aromatic heterocycles. The van der Waals surface area contributed by atoms with Gasteiger partial charge in [0.2, 0.25) is 5.82 Å². The van der Waals surface area contributed by atoms with Crippen LogP contribution in [-0.2, 0) is 6.18 Å². The molecule has 0 spiro atoms. The smallest absolute Gasteiger partial charge is 0.304 e. The number of amides is 1. The zero-order valence-electron chi connectivity index (χ0n) is 14.6. The lowest BCUT2D eigenvalue weighted by Crippen LogP contribution is -2.15. The van der Waals surface area contributed by atoms with Gasteiger partial charge in [0.05, 0.1) is 16.1 Å². The van der Waals surface area contributed by atoms with Crippen LogP contribution in [0.15, 0.2) is 66.2 Å². The molecule has 0 radical (unpaired) electrons. The standard InChI is InChI=1S/C19H12F3N5OS/c20-19(21,22)12-5-3-6-13(11-12)27-17(14-7-4-10-29-14)25-16(26-27)18(28)24-15-8-1-2-9-23-15/h1-11H,(H,23,24,28). The molecular weight excluding hydrogens is 403 g/mol. The van der Waals surface area contributed by atoms with E-state index in [1.807, 2.05) is 0 Å². The van der Waals surface area contributed by atoms with E-state index in [1.54, 1.807) is 35.7 Å². The van der Waals surface area contributed by atoms with Crippen LogP contribution in [-0.4, -0.2) is 25.7 Å². The number of thiophene rings is 1. The summed E-state index contributed by atoms with van der Waals surface area (Å²) in [5.41, 5.74) is -0.672. The Hall–Kier alpha value is -3.53. The number of halogens is 3. The van der Waals surface area contributed by atoms with Crippen molar-refractivity contribution in [3.05, 3.63) is 77.6 Å². The molecule has 0 aliphatic rings. The molecule has 0 bridgehead atoms. The van der Waals surface area contributed by atoms with Crippen molar-refractivity contribution in [1.82, 2.24) is 19.7 Å². The average Bonchev–Trinajstić information content (AvgIpc) is 3.38. The number of anilines is 1. The molecule has 0 saturated carbocycles. The van der Waals surface area contributed by atoms with Gasteiger partial charge in [0, 0.05) is 6.20 Å². The van der Waals surface area contributed by atoms with Crippen molar-refractivity contribution in [3.8, 4) is 16.4 Å². The van der Waals surface area contributed by atoms with Crippen molar-refractivity contribution in [2.75, 3.05) is 5.32 Å². The summed E-state index contributed by atoms with van der Waals surface area (Å²) in [5.74, 6) is -0.222. The first-order valence-electron chi connectivity index (χ1n) is 8.33. The summed E-state index contributed by atoms with van der Waals surface area (Å²) in [6, 6.07) is 13.2. The maximum Gasteiger partial charge on any atom is 0.416 e. The van der Waals surface area contributed by atoms with E-state index in [0.717, 1.165) is 12.1 Å². The van der Waals surface area contributed by atoms with Crippen LogP contribution < -0.4 is 5.32 Å². The van der Waals surface area contributed by atoms with Crippen LogP contribution in [0.1, 0.15) is 16.2 Å². The van der Waals surface area contributed by atoms with Crippen molar-refractivity contribution in [2.24, 2.45) is 0 Å². The lowest BCUT2D eigenvalue weighted by molar-refractivity contribution is -0.137. The summed E-state index contributed by atoms with van der Waals surface area (Å²) < 4.78 is 40.6. The van der Waals surface area contributed by atoms with Gasteiger partial charge in [-0.1, -0.05) is 18.2 Å². The Kier molecular flexibility index (Phi) is 4.85. The first kappa shape index (κ1) is 18.8. The predicted molar refractivity (Wildman–Crippen MR) is 102 cm³/mol. The van der Waals surface area contributed by atoms with E-state index in [4.69, 9.17) is 0 Å². The van der Waals surface area contributed by atoms with E-state index in [9.17, 15) is 18.0 Å². The molecule has 3 heterocycles. The zero-order valence-corrected chi connectivity index (χ0v) is 15.4. The van der Waals surface area contributed by atoms with Gasteiger partial charge in [-0.05, 0) is 41.8 Å². The van der Waals surface area contributed by atoms with Gasteiger partial charge in [0.15, 0.2) is 5.82 Å². The van der Waals surface area contributed by atoms with Crippen LogP contribution in [0.3, 0.4) is 0 Å². The second-order valence-electron chi connectivity index (χ2n) is 5.87. The Morgan fingerprint density at radius 2 is 1.93 bits per heavy atom. The number of alkyl halides is 3. The quantitative estimate of drug-likeness (QED) is 0.526. The monoisotopic (exact) mass is 415 g/mol. The minimum atomic E-state index is -4.50. The number of carbonyl (C=O) groups excluding carboxylic acids is 1. The Morgan fingerprint density at radius 1 is 1.07 bits per heavy atom. The molecule has 4 aromatic rings. The third-order valence-corrected chi connectivity index (χ3v) is 4.74. The molecule has 1 amide bonds. The van der Waals surface area contributed by atoms with Crippen LogP contribution in [0.5, 0.6) is 0 Å². The molecule has 0 unspecified atom stereocenters. The Balaban J connectivity index is 1.76. The zero-order chi connectivity index (χ0) is 20.4. The molecule has 146 valence electrons. The fourth-order valence-electron chi connectivity index (χ4n) is 2.58. The number of benzene rings is 1. The third kappa shape index (κ3) is 4.02. The lowest BCUT2D eigenvalue weighted by Gasteiger charge is -2.09. The molecule has 1 N–H and O–H groups in total. The van der Waals surface area contributed by atoms with Crippen molar-refractivity contribution in [2.45, 2.75) is 6.18 Å². The van der Waals surface area contributed by atoms with Crippen LogP contribution in [0.4, 0.5) is 19.0 Å². The van der Waals surface area contributed by atoms with Crippen molar-refractivity contribution < 1.29 is 18.0 Å². The van der Waals surface area contributed by atoms with Crippen LogP contribution in [0.25, 0.3) is 16.4 Å². The molecule has 0 fully saturated rings. The topological polar surface area (TPSA) is 72.7 Å². The largest absolute Gasteiger partial charge is 0.416 e. The van der Waals surface area contributed by atoms with Crippen LogP contribution in [0.2, 0.25) is 0 Å². The highest BCUT2D eigenvalue weighted by atomic mass is 32.1. The Bertz CT molecular complexity index is 1140. The lowest BCUT2D eigenvalue weighted by atomic mass is 10.2. The highest BCUT2D eigenvalue weighted by molar-refractivity contribution is 7.13. The van der Waals surface area contributed by atoms with Gasteiger partial charge in [-0.2, -0.15) is 13.2 Å². The number of nitrogens with one attached hydrogen (secondary N) is 1. The maximum atomic E-state index is 13.1. The maximum absolute atomic E-state index is 13.1. The molecular formula is C19H12F3N5OS. The summed E-state index contributed by atoms with van der Waals surface area (Å²) in [5, 5.41) is 8.53. The second-order valence-corrected chi connectivity index (χ2v) is 6.81. The minimum absolute atomic E-state index is 0.146. The third-order valence-electron chi connectivity index (χ3n) is 3.88. The summed E-state index contributed by atoms with van der Waals surface area (Å²) in [7, 11) is 0. The molecule has 1 aromatic carbocycles. The number of rotatable bonds is 4. The number of hydrogen-bond donors (Lipinski definition) is 1. The number of nitrogens with zero attached hydrogens (tertiary/aromatic N) is 4. The number of hydrogen-bond acceptors (Lipinski definition) is 5. The molecule has 4 rings (SSSR count). The summed E-state index contributed by atoms with van der Waals surface area (Å²) in [6.07, 6.45) is -2.99. The SMILES string of the molecule is O=C(Nc1ccccn1)c1nc(-c2cccs2)n(-c2cccc(C(F)(F)F)c2)n1. The molecule has 0 aliphatic heterocycles. The van der Waals surface area contributed by atoms with Crippen molar-refractivity contribution >= 4 is 23.1 Å². The van der Waals surface area contributed by atoms with Crippen LogP contribution in [0, 0.1) is 0 Å². The minimum Gasteiger partial charge on any atom is -0.304 e. The normalized spacial score (nSPS) is 11.4. The van der Waals surface area contributed by atoms with Gasteiger partial charge in [0.25, 0.3) is 5.91 Å². The fourth-order valence-corrected chi connectivity index (χ4v) is 3.27. The van der Waals surface area contributed by atoms with E-state index >= 15 is 0 Å². The van der Waals surface area contributed by atoms with Crippen molar-refractivity contribution in [1.29, 1.82) is 0 Å². The van der Waals surface area contributed by atoms with Gasteiger partial charge < -0.3 is 5.32 Å². The average molecular weight is 415 g/mol. The van der Waals surface area contributed by atoms with E-state index in [1.165, 1.54) is 34.3 Å². The van der Waals surface area contributed by atoms with Gasteiger partial charge in [-0.3, -0.25) is 4.79 Å². The summed E-state index contributed by atoms with van der Waals surface area (Å²) in [4.78, 5) is 21.5. The first-order chi connectivity index (χ1) is 13.9. The van der Waals surface area contributed by atoms with Gasteiger partial charge >= 0.3 is 6.18 Å². The fraction of sp³-hybridized carbons (Fsp3) is 0.0526. The van der Waals surface area contributed by atoms with E-state index in [-0.39, 0.29) is 17.3 Å². The summed E-state index contributed by atoms with van der Waals surface area (Å²) >= 11 is 1.33. The van der Waals surface area contributed by atoms with Gasteiger partial charge in [-0.15, -0.1) is 16.4 Å².